The number of phenols is 1. The molecule has 1 aliphatic heterocycles. The van der Waals surface area contributed by atoms with E-state index in [2.05, 4.69) is 0 Å². The molecule has 4 nitrogen and oxygen atoms in total. The number of hydrogen-bond acceptors (Lipinski definition) is 4. The second-order valence-electron chi connectivity index (χ2n) is 4.97. The molecule has 0 saturated carbocycles. The number of aromatic hydroxyl groups is 1. The molecular formula is C16H14O4S. The first-order chi connectivity index (χ1) is 9.95. The maximum Gasteiger partial charge on any atom is 0.200 e. The summed E-state index contributed by atoms with van der Waals surface area (Å²) in [6.07, 6.45) is 0. The molecule has 1 aliphatic rings. The highest BCUT2D eigenvalue weighted by atomic mass is 32.2. The first-order valence-electron chi connectivity index (χ1n) is 6.44. The fourth-order valence-electron chi connectivity index (χ4n) is 2.29. The minimum atomic E-state index is -3.38. The van der Waals surface area contributed by atoms with Crippen molar-refractivity contribution in [1.82, 2.24) is 0 Å². The number of fused-ring (bicyclic) bond motifs is 1. The average molecular weight is 302 g/mol. The van der Waals surface area contributed by atoms with Crippen LogP contribution in [0.2, 0.25) is 0 Å². The SMILES string of the molecule is Cc1ccc2c(c1)S(=O)(=O)C=C2COc1cccc(O)c1. The number of rotatable bonds is 3. The lowest BCUT2D eigenvalue weighted by Crippen LogP contribution is -1.99. The van der Waals surface area contributed by atoms with Crippen LogP contribution in [0.25, 0.3) is 5.57 Å². The molecule has 0 radical (unpaired) electrons. The van der Waals surface area contributed by atoms with Gasteiger partial charge in [0, 0.05) is 22.6 Å². The molecule has 0 saturated heterocycles. The molecule has 0 aliphatic carbocycles. The Morgan fingerprint density at radius 3 is 2.71 bits per heavy atom. The Morgan fingerprint density at radius 2 is 1.95 bits per heavy atom. The van der Waals surface area contributed by atoms with Crippen LogP contribution in [0.1, 0.15) is 11.1 Å². The Balaban J connectivity index is 1.88. The quantitative estimate of drug-likeness (QED) is 0.947. The van der Waals surface area contributed by atoms with E-state index in [1.54, 1.807) is 30.3 Å². The van der Waals surface area contributed by atoms with E-state index in [0.29, 0.717) is 21.8 Å². The van der Waals surface area contributed by atoms with Crippen molar-refractivity contribution >= 4 is 15.4 Å². The van der Waals surface area contributed by atoms with Crippen LogP contribution in [-0.2, 0) is 9.84 Å². The molecular weight excluding hydrogens is 288 g/mol. The molecule has 0 bridgehead atoms. The van der Waals surface area contributed by atoms with Crippen molar-refractivity contribution in [2.45, 2.75) is 11.8 Å². The number of phenolic OH excluding ortho intramolecular Hbond substituents is 1. The van der Waals surface area contributed by atoms with Gasteiger partial charge < -0.3 is 9.84 Å². The van der Waals surface area contributed by atoms with Crippen molar-refractivity contribution in [2.24, 2.45) is 0 Å². The normalized spacial score (nSPS) is 15.4. The highest BCUT2D eigenvalue weighted by Crippen LogP contribution is 2.34. The van der Waals surface area contributed by atoms with E-state index in [-0.39, 0.29) is 12.4 Å². The van der Waals surface area contributed by atoms with Gasteiger partial charge in [-0.25, -0.2) is 8.42 Å². The van der Waals surface area contributed by atoms with Gasteiger partial charge in [-0.15, -0.1) is 0 Å². The Morgan fingerprint density at radius 1 is 1.14 bits per heavy atom. The summed E-state index contributed by atoms with van der Waals surface area (Å²) < 4.78 is 29.8. The van der Waals surface area contributed by atoms with Crippen LogP contribution >= 0.6 is 0 Å². The number of aryl methyl sites for hydroxylation is 1. The summed E-state index contributed by atoms with van der Waals surface area (Å²) in [6, 6.07) is 11.8. The van der Waals surface area contributed by atoms with Crippen molar-refractivity contribution in [1.29, 1.82) is 0 Å². The summed E-state index contributed by atoms with van der Waals surface area (Å²) in [4.78, 5) is 0.331. The monoisotopic (exact) mass is 302 g/mol. The van der Waals surface area contributed by atoms with Gasteiger partial charge in [0.05, 0.1) is 4.90 Å². The summed E-state index contributed by atoms with van der Waals surface area (Å²) in [7, 11) is -3.38. The second-order valence-corrected chi connectivity index (χ2v) is 6.74. The zero-order valence-corrected chi connectivity index (χ0v) is 12.2. The maximum atomic E-state index is 12.1. The van der Waals surface area contributed by atoms with E-state index in [9.17, 15) is 13.5 Å². The van der Waals surface area contributed by atoms with Crippen LogP contribution in [-0.4, -0.2) is 20.1 Å². The third-order valence-corrected chi connectivity index (χ3v) is 4.84. The topological polar surface area (TPSA) is 63.6 Å². The number of sulfone groups is 1. The van der Waals surface area contributed by atoms with Crippen LogP contribution < -0.4 is 4.74 Å². The summed E-state index contributed by atoms with van der Waals surface area (Å²) in [5, 5.41) is 10.6. The van der Waals surface area contributed by atoms with Crippen molar-refractivity contribution in [3.63, 3.8) is 0 Å². The summed E-state index contributed by atoms with van der Waals surface area (Å²) >= 11 is 0. The molecule has 0 aromatic heterocycles. The van der Waals surface area contributed by atoms with Crippen LogP contribution in [0.4, 0.5) is 0 Å². The molecule has 1 heterocycles. The second kappa shape index (κ2) is 4.93. The number of ether oxygens (including phenoxy) is 1. The average Bonchev–Trinajstić information content (AvgIpc) is 2.68. The molecule has 21 heavy (non-hydrogen) atoms. The maximum absolute atomic E-state index is 12.1. The summed E-state index contributed by atoms with van der Waals surface area (Å²) in [6.45, 7) is 2.00. The van der Waals surface area contributed by atoms with E-state index >= 15 is 0 Å². The van der Waals surface area contributed by atoms with Gasteiger partial charge >= 0.3 is 0 Å². The van der Waals surface area contributed by atoms with E-state index in [0.717, 1.165) is 5.56 Å². The Bertz CT molecular complexity index is 835. The molecule has 0 amide bonds. The molecule has 1 N–H and O–H groups in total. The van der Waals surface area contributed by atoms with E-state index in [1.165, 1.54) is 11.5 Å². The Labute approximate surface area is 123 Å². The van der Waals surface area contributed by atoms with E-state index in [1.807, 2.05) is 13.0 Å². The molecule has 0 fully saturated rings. The van der Waals surface area contributed by atoms with Gasteiger partial charge in [0.1, 0.15) is 18.1 Å². The predicted octanol–water partition coefficient (Wildman–Crippen LogP) is 2.91. The molecule has 5 heteroatoms. The first kappa shape index (κ1) is 13.7. The zero-order chi connectivity index (χ0) is 15.0. The van der Waals surface area contributed by atoms with Crippen molar-refractivity contribution in [3.8, 4) is 11.5 Å². The summed E-state index contributed by atoms with van der Waals surface area (Å²) in [5.74, 6) is 0.602. The molecule has 2 aromatic rings. The standard InChI is InChI=1S/C16H14O4S/c1-11-5-6-15-12(10-21(18,19)16(15)7-11)9-20-14-4-2-3-13(17)8-14/h2-8,10,17H,9H2,1H3. The Kier molecular flexibility index (Phi) is 3.22. The van der Waals surface area contributed by atoms with Crippen LogP contribution in [0.15, 0.2) is 52.8 Å². The van der Waals surface area contributed by atoms with Crippen LogP contribution in [0, 0.1) is 6.92 Å². The third-order valence-electron chi connectivity index (χ3n) is 3.30. The molecule has 0 spiro atoms. The van der Waals surface area contributed by atoms with Gasteiger partial charge in [-0.2, -0.15) is 0 Å². The highest BCUT2D eigenvalue weighted by molar-refractivity contribution is 7.95. The lowest BCUT2D eigenvalue weighted by atomic mass is 10.1. The fraction of sp³-hybridized carbons (Fsp3) is 0.125. The zero-order valence-electron chi connectivity index (χ0n) is 11.4. The molecule has 3 rings (SSSR count). The number of benzene rings is 2. The fourth-order valence-corrected chi connectivity index (χ4v) is 3.84. The van der Waals surface area contributed by atoms with Gasteiger partial charge in [0.2, 0.25) is 9.84 Å². The lowest BCUT2D eigenvalue weighted by Gasteiger charge is -2.08. The van der Waals surface area contributed by atoms with Gasteiger partial charge in [-0.1, -0.05) is 18.2 Å². The van der Waals surface area contributed by atoms with Crippen molar-refractivity contribution in [3.05, 3.63) is 59.0 Å². The largest absolute Gasteiger partial charge is 0.508 e. The van der Waals surface area contributed by atoms with Crippen molar-refractivity contribution < 1.29 is 18.3 Å². The third kappa shape index (κ3) is 2.64. The minimum Gasteiger partial charge on any atom is -0.508 e. The Hall–Kier alpha value is -2.27. The minimum absolute atomic E-state index is 0.108. The smallest absolute Gasteiger partial charge is 0.200 e. The molecule has 0 atom stereocenters. The molecule has 0 unspecified atom stereocenters. The van der Waals surface area contributed by atoms with Gasteiger partial charge in [0.25, 0.3) is 0 Å². The van der Waals surface area contributed by atoms with Gasteiger partial charge in [0.15, 0.2) is 0 Å². The molecule has 108 valence electrons. The number of hydrogen-bond donors (Lipinski definition) is 1. The van der Waals surface area contributed by atoms with Crippen LogP contribution in [0.5, 0.6) is 11.5 Å². The summed E-state index contributed by atoms with van der Waals surface area (Å²) in [5.41, 5.74) is 2.20. The molecule has 2 aromatic carbocycles. The lowest BCUT2D eigenvalue weighted by molar-refractivity contribution is 0.366. The van der Waals surface area contributed by atoms with E-state index < -0.39 is 9.84 Å². The van der Waals surface area contributed by atoms with E-state index in [4.69, 9.17) is 4.74 Å². The first-order valence-corrected chi connectivity index (χ1v) is 7.99. The van der Waals surface area contributed by atoms with Crippen molar-refractivity contribution in [2.75, 3.05) is 6.61 Å². The highest BCUT2D eigenvalue weighted by Gasteiger charge is 2.27. The van der Waals surface area contributed by atoms with Gasteiger partial charge in [-0.05, 0) is 30.7 Å². The van der Waals surface area contributed by atoms with Gasteiger partial charge in [-0.3, -0.25) is 0 Å². The predicted molar refractivity (Wildman–Crippen MR) is 79.9 cm³/mol. The van der Waals surface area contributed by atoms with Crippen LogP contribution in [0.3, 0.4) is 0 Å².